The molecular formula is C26H23N3O4S. The zero-order valence-electron chi connectivity index (χ0n) is 18.4. The van der Waals surface area contributed by atoms with E-state index in [0.717, 1.165) is 9.79 Å². The van der Waals surface area contributed by atoms with E-state index in [0.29, 0.717) is 66.4 Å². The van der Waals surface area contributed by atoms with Crippen molar-refractivity contribution < 1.29 is 14.3 Å². The Morgan fingerprint density at radius 3 is 2.56 bits per heavy atom. The second-order valence-corrected chi connectivity index (χ2v) is 8.95. The van der Waals surface area contributed by atoms with Crippen LogP contribution in [-0.4, -0.2) is 29.1 Å². The molecule has 8 heteroatoms. The maximum atomic E-state index is 12.8. The summed E-state index contributed by atoms with van der Waals surface area (Å²) in [4.78, 5) is 34.3. The van der Waals surface area contributed by atoms with Gasteiger partial charge >= 0.3 is 0 Å². The summed E-state index contributed by atoms with van der Waals surface area (Å²) in [7, 11) is 0. The van der Waals surface area contributed by atoms with Gasteiger partial charge in [0.15, 0.2) is 11.5 Å². The smallest absolute Gasteiger partial charge is 0.258 e. The van der Waals surface area contributed by atoms with E-state index < -0.39 is 0 Å². The lowest BCUT2D eigenvalue weighted by molar-refractivity contribution is -0.116. The molecule has 1 aliphatic rings. The first-order chi connectivity index (χ1) is 16.7. The van der Waals surface area contributed by atoms with Crippen LogP contribution in [0.5, 0.6) is 11.5 Å². The van der Waals surface area contributed by atoms with Gasteiger partial charge in [-0.15, -0.1) is 0 Å². The number of amides is 1. The lowest BCUT2D eigenvalue weighted by Gasteiger charge is -2.21. The van der Waals surface area contributed by atoms with E-state index in [-0.39, 0.29) is 11.5 Å². The third kappa shape index (κ3) is 5.07. The molecule has 172 valence electrons. The number of hydrogen-bond acceptors (Lipinski definition) is 6. The van der Waals surface area contributed by atoms with Gasteiger partial charge in [-0.05, 0) is 30.7 Å². The molecule has 0 unspecified atom stereocenters. The van der Waals surface area contributed by atoms with Gasteiger partial charge in [-0.25, -0.2) is 4.98 Å². The molecule has 0 saturated heterocycles. The summed E-state index contributed by atoms with van der Waals surface area (Å²) in [6.45, 7) is 0.974. The number of para-hydroxylation sites is 1. The number of benzene rings is 3. The summed E-state index contributed by atoms with van der Waals surface area (Å²) in [5.41, 5.74) is 1.17. The fourth-order valence-electron chi connectivity index (χ4n) is 3.75. The highest BCUT2D eigenvalue weighted by Gasteiger charge is 2.18. The summed E-state index contributed by atoms with van der Waals surface area (Å²) in [5.74, 6) is 1.76. The van der Waals surface area contributed by atoms with E-state index in [1.54, 1.807) is 17.8 Å². The topological polar surface area (TPSA) is 93.3 Å². The molecule has 1 amide bonds. The Balaban J connectivity index is 1.27. The number of aromatic amines is 1. The number of fused-ring (bicyclic) bond motifs is 2. The van der Waals surface area contributed by atoms with E-state index in [2.05, 4.69) is 15.3 Å². The molecule has 3 aromatic carbocycles. The van der Waals surface area contributed by atoms with Crippen molar-refractivity contribution in [1.29, 1.82) is 0 Å². The number of rotatable bonds is 7. The second kappa shape index (κ2) is 10.0. The molecule has 1 aliphatic heterocycles. The van der Waals surface area contributed by atoms with Crippen molar-refractivity contribution in [3.8, 4) is 11.5 Å². The fourth-order valence-corrected chi connectivity index (χ4v) is 4.68. The minimum atomic E-state index is -0.163. The van der Waals surface area contributed by atoms with Gasteiger partial charge in [0.2, 0.25) is 5.91 Å². The third-order valence-corrected chi connectivity index (χ3v) is 6.43. The van der Waals surface area contributed by atoms with Gasteiger partial charge in [0.05, 0.1) is 16.6 Å². The molecule has 0 fully saturated rings. The number of nitrogens with one attached hydrogen (secondary N) is 2. The van der Waals surface area contributed by atoms with Crippen LogP contribution in [0.3, 0.4) is 0 Å². The highest BCUT2D eigenvalue weighted by Crippen LogP contribution is 2.42. The maximum absolute atomic E-state index is 12.8. The van der Waals surface area contributed by atoms with E-state index in [4.69, 9.17) is 9.47 Å². The third-order valence-electron chi connectivity index (χ3n) is 5.37. The molecule has 5 rings (SSSR count). The van der Waals surface area contributed by atoms with Crippen LogP contribution < -0.4 is 20.3 Å². The zero-order valence-corrected chi connectivity index (χ0v) is 19.2. The summed E-state index contributed by atoms with van der Waals surface area (Å²) in [5, 5.41) is 3.58. The van der Waals surface area contributed by atoms with Crippen LogP contribution in [0.4, 0.5) is 5.69 Å². The SMILES string of the molecule is O=C(CCCc1nc2ccccc2c(=O)[nH]1)Nc1cc2c(cc1Sc1ccccc1)OCCO2. The molecule has 34 heavy (non-hydrogen) atoms. The number of ether oxygens (including phenoxy) is 2. The van der Waals surface area contributed by atoms with Gasteiger partial charge in [0.1, 0.15) is 19.0 Å². The van der Waals surface area contributed by atoms with Crippen LogP contribution in [-0.2, 0) is 11.2 Å². The van der Waals surface area contributed by atoms with Gasteiger partial charge in [-0.3, -0.25) is 9.59 Å². The lowest BCUT2D eigenvalue weighted by Crippen LogP contribution is -2.17. The Bertz CT molecular complexity index is 1390. The van der Waals surface area contributed by atoms with Gasteiger partial charge in [0, 0.05) is 34.8 Å². The van der Waals surface area contributed by atoms with Gasteiger partial charge < -0.3 is 19.8 Å². The molecular weight excluding hydrogens is 450 g/mol. The minimum Gasteiger partial charge on any atom is -0.486 e. The zero-order chi connectivity index (χ0) is 23.3. The van der Waals surface area contributed by atoms with Crippen molar-refractivity contribution in [2.24, 2.45) is 0 Å². The molecule has 0 atom stereocenters. The number of nitrogens with zero attached hydrogens (tertiary/aromatic N) is 1. The Kier molecular flexibility index (Phi) is 6.49. The lowest BCUT2D eigenvalue weighted by atomic mass is 10.2. The predicted octanol–water partition coefficient (Wildman–Crippen LogP) is 4.81. The Labute approximate surface area is 200 Å². The number of anilines is 1. The van der Waals surface area contributed by atoms with E-state index >= 15 is 0 Å². The highest BCUT2D eigenvalue weighted by molar-refractivity contribution is 7.99. The molecule has 0 radical (unpaired) electrons. The van der Waals surface area contributed by atoms with Crippen LogP contribution in [0.25, 0.3) is 10.9 Å². The van der Waals surface area contributed by atoms with Crippen molar-refractivity contribution in [3.63, 3.8) is 0 Å². The summed E-state index contributed by atoms with van der Waals surface area (Å²) >= 11 is 1.55. The van der Waals surface area contributed by atoms with Crippen LogP contribution in [0.1, 0.15) is 18.7 Å². The van der Waals surface area contributed by atoms with Crippen LogP contribution in [0, 0.1) is 0 Å². The van der Waals surface area contributed by atoms with Crippen LogP contribution in [0.15, 0.2) is 81.3 Å². The molecule has 1 aromatic heterocycles. The van der Waals surface area contributed by atoms with Gasteiger partial charge in [-0.1, -0.05) is 42.1 Å². The maximum Gasteiger partial charge on any atom is 0.258 e. The van der Waals surface area contributed by atoms with Crippen molar-refractivity contribution in [2.75, 3.05) is 18.5 Å². The summed E-state index contributed by atoms with van der Waals surface area (Å²) < 4.78 is 11.4. The average molecular weight is 474 g/mol. The largest absolute Gasteiger partial charge is 0.486 e. The quantitative estimate of drug-likeness (QED) is 0.400. The van der Waals surface area contributed by atoms with E-state index in [1.807, 2.05) is 60.7 Å². The molecule has 0 spiro atoms. The fraction of sp³-hybridized carbons (Fsp3) is 0.192. The summed E-state index contributed by atoms with van der Waals surface area (Å²) in [6, 6.07) is 20.9. The molecule has 7 nitrogen and oxygen atoms in total. The number of carbonyl (C=O) groups excluding carboxylic acids is 1. The first-order valence-corrected chi connectivity index (χ1v) is 11.9. The Morgan fingerprint density at radius 2 is 1.74 bits per heavy atom. The molecule has 4 aromatic rings. The second-order valence-electron chi connectivity index (χ2n) is 7.84. The molecule has 0 bridgehead atoms. The van der Waals surface area contributed by atoms with Crippen molar-refractivity contribution in [2.45, 2.75) is 29.1 Å². The van der Waals surface area contributed by atoms with E-state index in [1.165, 1.54) is 0 Å². The van der Waals surface area contributed by atoms with Crippen molar-refractivity contribution >= 4 is 34.3 Å². The Morgan fingerprint density at radius 1 is 1.00 bits per heavy atom. The van der Waals surface area contributed by atoms with Crippen LogP contribution in [0.2, 0.25) is 0 Å². The highest BCUT2D eigenvalue weighted by atomic mass is 32.2. The normalized spacial score (nSPS) is 12.5. The monoisotopic (exact) mass is 473 g/mol. The predicted molar refractivity (Wildman–Crippen MR) is 132 cm³/mol. The van der Waals surface area contributed by atoms with Crippen LogP contribution >= 0.6 is 11.8 Å². The minimum absolute atomic E-state index is 0.116. The molecule has 0 saturated carbocycles. The first kappa shape index (κ1) is 22.0. The number of carbonyl (C=O) groups is 1. The number of aromatic nitrogens is 2. The van der Waals surface area contributed by atoms with Crippen molar-refractivity contribution in [1.82, 2.24) is 9.97 Å². The van der Waals surface area contributed by atoms with Gasteiger partial charge in [-0.2, -0.15) is 0 Å². The first-order valence-electron chi connectivity index (χ1n) is 11.1. The van der Waals surface area contributed by atoms with Crippen molar-refractivity contribution in [3.05, 3.63) is 82.9 Å². The standard InChI is InChI=1S/C26H23N3O4S/c30-25(12-6-11-24-27-19-10-5-4-9-18(19)26(31)29-24)28-20-15-21-22(33-14-13-32-21)16-23(20)34-17-7-2-1-3-8-17/h1-5,7-10,15-16H,6,11-14H2,(H,28,30)(H,27,29,31). The number of hydrogen-bond donors (Lipinski definition) is 2. The number of aryl methyl sites for hydroxylation is 1. The van der Waals surface area contributed by atoms with E-state index in [9.17, 15) is 9.59 Å². The summed E-state index contributed by atoms with van der Waals surface area (Å²) in [6.07, 6.45) is 1.35. The van der Waals surface area contributed by atoms with Gasteiger partial charge in [0.25, 0.3) is 5.56 Å². The number of H-pyrrole nitrogens is 1. The molecule has 0 aliphatic carbocycles. The average Bonchev–Trinajstić information content (AvgIpc) is 2.85. The Hall–Kier alpha value is -3.78. The molecule has 2 N–H and O–H groups in total. The molecule has 2 heterocycles.